The Balaban J connectivity index is 1.70. The van der Waals surface area contributed by atoms with E-state index in [1.807, 2.05) is 45.0 Å². The lowest BCUT2D eigenvalue weighted by atomic mass is 10.1. The molecular weight excluding hydrogens is 446 g/mol. The van der Waals surface area contributed by atoms with Crippen molar-refractivity contribution in [2.45, 2.75) is 58.7 Å². The molecular formula is C27H33N3O5. The molecule has 0 bridgehead atoms. The second kappa shape index (κ2) is 10.7. The number of nitrogens with zero attached hydrogens (tertiary/aromatic N) is 2. The highest BCUT2D eigenvalue weighted by Gasteiger charge is 2.35. The van der Waals surface area contributed by atoms with E-state index in [4.69, 9.17) is 4.74 Å². The van der Waals surface area contributed by atoms with E-state index in [-0.39, 0.29) is 43.1 Å². The van der Waals surface area contributed by atoms with Gasteiger partial charge >= 0.3 is 0 Å². The Morgan fingerprint density at radius 3 is 2.23 bits per heavy atom. The first kappa shape index (κ1) is 25.9. The largest absolute Gasteiger partial charge is 0.497 e. The Hall–Kier alpha value is -3.68. The maximum Gasteiger partial charge on any atom is 0.261 e. The quantitative estimate of drug-likeness (QED) is 0.556. The van der Waals surface area contributed by atoms with Gasteiger partial charge in [-0.3, -0.25) is 24.1 Å². The van der Waals surface area contributed by atoms with E-state index >= 15 is 0 Å². The topological polar surface area (TPSA) is 96.0 Å². The number of hydrogen-bond acceptors (Lipinski definition) is 5. The van der Waals surface area contributed by atoms with Gasteiger partial charge in [0.1, 0.15) is 11.8 Å². The highest BCUT2D eigenvalue weighted by atomic mass is 16.5. The highest BCUT2D eigenvalue weighted by molar-refractivity contribution is 6.21. The predicted molar refractivity (Wildman–Crippen MR) is 132 cm³/mol. The van der Waals surface area contributed by atoms with Crippen LogP contribution in [0, 0.1) is 0 Å². The summed E-state index contributed by atoms with van der Waals surface area (Å²) in [4.78, 5) is 54.1. The van der Waals surface area contributed by atoms with E-state index in [9.17, 15) is 19.2 Å². The molecule has 8 nitrogen and oxygen atoms in total. The van der Waals surface area contributed by atoms with Crippen LogP contribution in [-0.2, 0) is 16.1 Å². The van der Waals surface area contributed by atoms with Crippen molar-refractivity contribution in [2.24, 2.45) is 0 Å². The first-order valence-electron chi connectivity index (χ1n) is 11.7. The number of ether oxygens (including phenoxy) is 1. The molecule has 8 heteroatoms. The summed E-state index contributed by atoms with van der Waals surface area (Å²) in [5.41, 5.74) is 1.15. The summed E-state index contributed by atoms with van der Waals surface area (Å²) in [6, 6.07) is 13.3. The summed E-state index contributed by atoms with van der Waals surface area (Å²) in [7, 11) is 1.57. The molecule has 0 aliphatic carbocycles. The minimum atomic E-state index is -0.716. The normalized spacial score (nSPS) is 13.9. The number of fused-ring (bicyclic) bond motifs is 1. The van der Waals surface area contributed by atoms with Crippen molar-refractivity contribution >= 4 is 23.6 Å². The van der Waals surface area contributed by atoms with E-state index in [1.165, 1.54) is 9.80 Å². The van der Waals surface area contributed by atoms with Crippen molar-refractivity contribution in [3.05, 3.63) is 65.2 Å². The van der Waals surface area contributed by atoms with Crippen molar-refractivity contribution in [1.82, 2.24) is 15.1 Å². The summed E-state index contributed by atoms with van der Waals surface area (Å²) in [5.74, 6) is -0.518. The molecule has 1 aliphatic rings. The lowest BCUT2D eigenvalue weighted by Gasteiger charge is -2.31. The third kappa shape index (κ3) is 6.26. The molecule has 0 aromatic heterocycles. The fraction of sp³-hybridized carbons (Fsp3) is 0.407. The molecule has 0 unspecified atom stereocenters. The molecule has 186 valence electrons. The maximum absolute atomic E-state index is 13.3. The van der Waals surface area contributed by atoms with Crippen LogP contribution in [0.4, 0.5) is 0 Å². The molecule has 1 aliphatic heterocycles. The lowest BCUT2D eigenvalue weighted by molar-refractivity contribution is -0.141. The van der Waals surface area contributed by atoms with Gasteiger partial charge in [0.25, 0.3) is 11.8 Å². The molecule has 4 amide bonds. The maximum atomic E-state index is 13.3. The van der Waals surface area contributed by atoms with Gasteiger partial charge in [0.05, 0.1) is 18.2 Å². The lowest BCUT2D eigenvalue weighted by Crippen LogP contribution is -2.52. The number of nitrogens with one attached hydrogen (secondary N) is 1. The van der Waals surface area contributed by atoms with Crippen LogP contribution < -0.4 is 10.1 Å². The van der Waals surface area contributed by atoms with Gasteiger partial charge in [-0.15, -0.1) is 0 Å². The van der Waals surface area contributed by atoms with Crippen LogP contribution in [0.5, 0.6) is 5.75 Å². The van der Waals surface area contributed by atoms with Crippen molar-refractivity contribution < 1.29 is 23.9 Å². The van der Waals surface area contributed by atoms with E-state index in [2.05, 4.69) is 5.32 Å². The minimum Gasteiger partial charge on any atom is -0.497 e. The third-order valence-electron chi connectivity index (χ3n) is 5.80. The highest BCUT2D eigenvalue weighted by Crippen LogP contribution is 2.23. The minimum absolute atomic E-state index is 0.0878. The summed E-state index contributed by atoms with van der Waals surface area (Å²) in [6.45, 7) is 7.70. The van der Waals surface area contributed by atoms with E-state index < -0.39 is 11.6 Å². The Morgan fingerprint density at radius 2 is 1.66 bits per heavy atom. The number of rotatable bonds is 9. The second-order valence-electron chi connectivity index (χ2n) is 9.70. The van der Waals surface area contributed by atoms with Crippen LogP contribution >= 0.6 is 0 Å². The van der Waals surface area contributed by atoms with Gasteiger partial charge in [-0.05, 0) is 63.9 Å². The zero-order valence-electron chi connectivity index (χ0n) is 21.0. The number of carbonyl (C=O) groups excluding carboxylic acids is 4. The second-order valence-corrected chi connectivity index (χ2v) is 9.70. The smallest absolute Gasteiger partial charge is 0.261 e. The van der Waals surface area contributed by atoms with Gasteiger partial charge in [0.2, 0.25) is 11.8 Å². The van der Waals surface area contributed by atoms with Gasteiger partial charge in [-0.2, -0.15) is 0 Å². The number of imide groups is 1. The van der Waals surface area contributed by atoms with Gasteiger partial charge < -0.3 is 15.0 Å². The van der Waals surface area contributed by atoms with Gasteiger partial charge in [-0.1, -0.05) is 24.3 Å². The number of carbonyl (C=O) groups is 4. The van der Waals surface area contributed by atoms with Crippen molar-refractivity contribution in [3.63, 3.8) is 0 Å². The van der Waals surface area contributed by atoms with Crippen molar-refractivity contribution in [2.75, 3.05) is 13.7 Å². The van der Waals surface area contributed by atoms with Crippen molar-refractivity contribution in [1.29, 1.82) is 0 Å². The summed E-state index contributed by atoms with van der Waals surface area (Å²) < 4.78 is 5.29. The summed E-state index contributed by atoms with van der Waals surface area (Å²) in [5, 5.41) is 2.93. The predicted octanol–water partition coefficient (Wildman–Crippen LogP) is 3.40. The molecule has 0 saturated carbocycles. The fourth-order valence-corrected chi connectivity index (χ4v) is 4.00. The van der Waals surface area contributed by atoms with Gasteiger partial charge in [0, 0.05) is 25.0 Å². The molecule has 0 saturated heterocycles. The van der Waals surface area contributed by atoms with Crippen LogP contribution in [0.1, 0.15) is 66.8 Å². The first-order valence-corrected chi connectivity index (χ1v) is 11.7. The zero-order valence-corrected chi connectivity index (χ0v) is 21.0. The van der Waals surface area contributed by atoms with Gasteiger partial charge in [-0.25, -0.2) is 0 Å². The Morgan fingerprint density at radius 1 is 1.03 bits per heavy atom. The number of methoxy groups -OCH3 is 1. The van der Waals surface area contributed by atoms with E-state index in [0.29, 0.717) is 23.3 Å². The third-order valence-corrected chi connectivity index (χ3v) is 5.80. The molecule has 0 fully saturated rings. The molecule has 1 atom stereocenters. The monoisotopic (exact) mass is 479 g/mol. The molecule has 35 heavy (non-hydrogen) atoms. The number of hydrogen-bond donors (Lipinski definition) is 1. The summed E-state index contributed by atoms with van der Waals surface area (Å²) in [6.07, 6.45) is 0.386. The van der Waals surface area contributed by atoms with E-state index in [0.717, 1.165) is 5.56 Å². The number of benzene rings is 2. The Bertz CT molecular complexity index is 1090. The van der Waals surface area contributed by atoms with Crippen LogP contribution in [0.15, 0.2) is 48.5 Å². The van der Waals surface area contributed by atoms with Crippen LogP contribution in [0.3, 0.4) is 0 Å². The fourth-order valence-electron chi connectivity index (χ4n) is 4.00. The zero-order chi connectivity index (χ0) is 25.8. The molecule has 0 radical (unpaired) electrons. The Labute approximate surface area is 206 Å². The SMILES string of the molecule is COc1cccc(CN(C(=O)CCCN2C(=O)c3ccccc3C2=O)[C@@H](C)C(=O)NC(C)(C)C)c1. The van der Waals surface area contributed by atoms with Crippen LogP contribution in [-0.4, -0.2) is 58.7 Å². The van der Waals surface area contributed by atoms with Gasteiger partial charge in [0.15, 0.2) is 0 Å². The molecule has 2 aromatic rings. The number of amides is 4. The molecule has 1 heterocycles. The Kier molecular flexibility index (Phi) is 7.94. The van der Waals surface area contributed by atoms with Crippen molar-refractivity contribution in [3.8, 4) is 5.75 Å². The van der Waals surface area contributed by atoms with Crippen LogP contribution in [0.25, 0.3) is 0 Å². The average molecular weight is 480 g/mol. The molecule has 2 aromatic carbocycles. The first-order chi connectivity index (χ1) is 16.5. The standard InChI is InChI=1S/C27H33N3O5/c1-18(24(32)28-27(2,3)4)30(17-19-10-8-11-20(16-19)35-5)23(31)14-9-15-29-25(33)21-12-6-7-13-22(21)26(29)34/h6-8,10-13,16,18H,9,14-15,17H2,1-5H3,(H,28,32)/t18-/m0/s1. The summed E-state index contributed by atoms with van der Waals surface area (Å²) >= 11 is 0. The van der Waals surface area contributed by atoms with Crippen LogP contribution in [0.2, 0.25) is 0 Å². The molecule has 0 spiro atoms. The van der Waals surface area contributed by atoms with E-state index in [1.54, 1.807) is 38.3 Å². The average Bonchev–Trinajstić information content (AvgIpc) is 3.06. The molecule has 3 rings (SSSR count). The molecule has 1 N–H and O–H groups in total.